The van der Waals surface area contributed by atoms with Crippen molar-refractivity contribution in [3.05, 3.63) is 0 Å². The first kappa shape index (κ1) is 12.5. The summed E-state index contributed by atoms with van der Waals surface area (Å²) in [5.41, 5.74) is 0. The highest BCUT2D eigenvalue weighted by molar-refractivity contribution is 5.78. The lowest BCUT2D eigenvalue weighted by molar-refractivity contribution is -0.126. The predicted molar refractivity (Wildman–Crippen MR) is 62.7 cm³/mol. The number of hydrogen-bond acceptors (Lipinski definition) is 2. The van der Waals surface area contributed by atoms with Gasteiger partial charge in [0.25, 0.3) is 0 Å². The van der Waals surface area contributed by atoms with Crippen LogP contribution in [0.2, 0.25) is 0 Å². The molecule has 0 aromatic rings. The fourth-order valence-corrected chi connectivity index (χ4v) is 1.80. The van der Waals surface area contributed by atoms with Gasteiger partial charge in [0, 0.05) is 12.5 Å². The zero-order valence-corrected chi connectivity index (χ0v) is 10.0. The molecule has 88 valence electrons. The third-order valence-corrected chi connectivity index (χ3v) is 3.26. The molecule has 0 aliphatic carbocycles. The first-order valence-corrected chi connectivity index (χ1v) is 6.24. The highest BCUT2D eigenvalue weighted by Gasteiger charge is 2.28. The second-order valence-corrected chi connectivity index (χ2v) is 4.56. The second kappa shape index (κ2) is 6.83. The van der Waals surface area contributed by atoms with Crippen molar-refractivity contribution < 1.29 is 4.79 Å². The molecule has 0 bridgehead atoms. The van der Waals surface area contributed by atoms with Crippen LogP contribution in [0.1, 0.15) is 39.5 Å². The van der Waals surface area contributed by atoms with E-state index in [2.05, 4.69) is 17.6 Å². The van der Waals surface area contributed by atoms with E-state index in [-0.39, 0.29) is 11.8 Å². The maximum Gasteiger partial charge on any atom is 0.223 e. The van der Waals surface area contributed by atoms with E-state index in [1.165, 1.54) is 19.3 Å². The van der Waals surface area contributed by atoms with Crippen molar-refractivity contribution in [2.45, 2.75) is 39.5 Å². The maximum absolute atomic E-state index is 11.7. The van der Waals surface area contributed by atoms with Crippen molar-refractivity contribution in [3.8, 4) is 0 Å². The molecule has 1 rings (SSSR count). The van der Waals surface area contributed by atoms with Crippen molar-refractivity contribution in [3.63, 3.8) is 0 Å². The summed E-state index contributed by atoms with van der Waals surface area (Å²) in [7, 11) is 0. The fourth-order valence-electron chi connectivity index (χ4n) is 1.80. The molecule has 3 nitrogen and oxygen atoms in total. The van der Waals surface area contributed by atoms with Crippen LogP contribution in [0.4, 0.5) is 0 Å². The molecule has 0 aromatic heterocycles. The summed E-state index contributed by atoms with van der Waals surface area (Å²) in [6.45, 7) is 7.09. The van der Waals surface area contributed by atoms with Crippen LogP contribution < -0.4 is 10.6 Å². The van der Waals surface area contributed by atoms with E-state index in [0.717, 1.165) is 26.1 Å². The summed E-state index contributed by atoms with van der Waals surface area (Å²) < 4.78 is 0. The van der Waals surface area contributed by atoms with Crippen LogP contribution in [0, 0.1) is 11.8 Å². The molecule has 1 unspecified atom stereocenters. The molecule has 1 amide bonds. The topological polar surface area (TPSA) is 41.1 Å². The Bertz CT molecular complexity index is 190. The van der Waals surface area contributed by atoms with Crippen molar-refractivity contribution in [2.24, 2.45) is 11.8 Å². The first-order chi connectivity index (χ1) is 7.25. The van der Waals surface area contributed by atoms with Crippen LogP contribution in [0.25, 0.3) is 0 Å². The lowest BCUT2D eigenvalue weighted by Gasteiger charge is -2.31. The number of carbonyl (C=O) groups is 1. The van der Waals surface area contributed by atoms with Gasteiger partial charge < -0.3 is 10.6 Å². The van der Waals surface area contributed by atoms with Gasteiger partial charge in [-0.05, 0) is 25.4 Å². The normalized spacial score (nSPS) is 18.3. The minimum atomic E-state index is 0.178. The number of carbonyl (C=O) groups excluding carboxylic acids is 1. The van der Waals surface area contributed by atoms with Crippen LogP contribution in [0.15, 0.2) is 0 Å². The van der Waals surface area contributed by atoms with Gasteiger partial charge in [-0.25, -0.2) is 0 Å². The molecule has 1 saturated heterocycles. The molecule has 15 heavy (non-hydrogen) atoms. The Hall–Kier alpha value is -0.570. The molecule has 1 aliphatic heterocycles. The van der Waals surface area contributed by atoms with Gasteiger partial charge in [0.05, 0.1) is 0 Å². The van der Waals surface area contributed by atoms with Crippen molar-refractivity contribution >= 4 is 5.91 Å². The van der Waals surface area contributed by atoms with Crippen LogP contribution in [-0.4, -0.2) is 25.5 Å². The standard InChI is InChI=1S/C12H24N2O/c1-3-4-5-6-7-14-12(15)10(2)11-8-13-9-11/h10-11,13H,3-9H2,1-2H3,(H,14,15). The number of nitrogens with one attached hydrogen (secondary N) is 2. The lowest BCUT2D eigenvalue weighted by Crippen LogP contribution is -2.49. The Labute approximate surface area is 93.0 Å². The van der Waals surface area contributed by atoms with E-state index in [1.54, 1.807) is 0 Å². The Kier molecular flexibility index (Phi) is 5.69. The van der Waals surface area contributed by atoms with Gasteiger partial charge in [0.1, 0.15) is 0 Å². The van der Waals surface area contributed by atoms with E-state index in [0.29, 0.717) is 5.92 Å². The van der Waals surface area contributed by atoms with Crippen molar-refractivity contribution in [1.29, 1.82) is 0 Å². The van der Waals surface area contributed by atoms with Crippen molar-refractivity contribution in [1.82, 2.24) is 10.6 Å². The van der Waals surface area contributed by atoms with Gasteiger partial charge >= 0.3 is 0 Å². The highest BCUT2D eigenvalue weighted by Crippen LogP contribution is 2.15. The summed E-state index contributed by atoms with van der Waals surface area (Å²) >= 11 is 0. The van der Waals surface area contributed by atoms with E-state index in [1.807, 2.05) is 6.92 Å². The van der Waals surface area contributed by atoms with Gasteiger partial charge in [-0.2, -0.15) is 0 Å². The molecule has 1 fully saturated rings. The minimum absolute atomic E-state index is 0.178. The molecule has 1 heterocycles. The van der Waals surface area contributed by atoms with Gasteiger partial charge in [-0.15, -0.1) is 0 Å². The average molecular weight is 212 g/mol. The quantitative estimate of drug-likeness (QED) is 0.629. The Balaban J connectivity index is 2.02. The highest BCUT2D eigenvalue weighted by atomic mass is 16.1. The van der Waals surface area contributed by atoms with Crippen LogP contribution in [0.5, 0.6) is 0 Å². The average Bonchev–Trinajstić information content (AvgIpc) is 2.14. The number of hydrogen-bond donors (Lipinski definition) is 2. The summed E-state index contributed by atoms with van der Waals surface area (Å²) in [5, 5.41) is 6.22. The number of rotatable bonds is 7. The SMILES string of the molecule is CCCCCCNC(=O)C(C)C1CNC1. The zero-order chi connectivity index (χ0) is 11.1. The van der Waals surface area contributed by atoms with Gasteiger partial charge in [0.2, 0.25) is 5.91 Å². The monoisotopic (exact) mass is 212 g/mol. The Morgan fingerprint density at radius 3 is 2.67 bits per heavy atom. The smallest absolute Gasteiger partial charge is 0.223 e. The van der Waals surface area contributed by atoms with Crippen molar-refractivity contribution in [2.75, 3.05) is 19.6 Å². The molecule has 1 aliphatic rings. The van der Waals surface area contributed by atoms with Crippen LogP contribution >= 0.6 is 0 Å². The third-order valence-electron chi connectivity index (χ3n) is 3.26. The van der Waals surface area contributed by atoms with E-state index >= 15 is 0 Å². The molecular weight excluding hydrogens is 188 g/mol. The summed E-state index contributed by atoms with van der Waals surface area (Å²) in [5.74, 6) is 0.969. The molecule has 2 N–H and O–H groups in total. The van der Waals surface area contributed by atoms with E-state index in [4.69, 9.17) is 0 Å². The Morgan fingerprint density at radius 2 is 2.13 bits per heavy atom. The minimum Gasteiger partial charge on any atom is -0.356 e. The summed E-state index contributed by atoms with van der Waals surface area (Å²) in [4.78, 5) is 11.7. The predicted octanol–water partition coefficient (Wildman–Crippen LogP) is 1.54. The zero-order valence-electron chi connectivity index (χ0n) is 10.0. The maximum atomic E-state index is 11.7. The first-order valence-electron chi connectivity index (χ1n) is 6.24. The molecule has 0 saturated carbocycles. The fraction of sp³-hybridized carbons (Fsp3) is 0.917. The van der Waals surface area contributed by atoms with Gasteiger partial charge in [-0.1, -0.05) is 33.1 Å². The molecule has 3 heteroatoms. The van der Waals surface area contributed by atoms with E-state index < -0.39 is 0 Å². The number of unbranched alkanes of at least 4 members (excludes halogenated alkanes) is 3. The molecule has 0 radical (unpaired) electrons. The molecule has 0 spiro atoms. The van der Waals surface area contributed by atoms with E-state index in [9.17, 15) is 4.79 Å². The molecule has 1 atom stereocenters. The lowest BCUT2D eigenvalue weighted by atomic mass is 9.88. The van der Waals surface area contributed by atoms with Crippen LogP contribution in [0.3, 0.4) is 0 Å². The largest absolute Gasteiger partial charge is 0.356 e. The van der Waals surface area contributed by atoms with Gasteiger partial charge in [0.15, 0.2) is 0 Å². The molecule has 0 aromatic carbocycles. The summed E-state index contributed by atoms with van der Waals surface area (Å²) in [6, 6.07) is 0. The third kappa shape index (κ3) is 4.20. The molecular formula is C12H24N2O. The Morgan fingerprint density at radius 1 is 1.40 bits per heavy atom. The summed E-state index contributed by atoms with van der Waals surface area (Å²) in [6.07, 6.45) is 4.88. The van der Waals surface area contributed by atoms with Crippen LogP contribution in [-0.2, 0) is 4.79 Å². The van der Waals surface area contributed by atoms with Gasteiger partial charge in [-0.3, -0.25) is 4.79 Å². The number of amides is 1. The second-order valence-electron chi connectivity index (χ2n) is 4.56.